The lowest BCUT2D eigenvalue weighted by Crippen LogP contribution is -2.41. The fourth-order valence-electron chi connectivity index (χ4n) is 5.24. The number of hydrogen-bond acceptors (Lipinski definition) is 4. The third-order valence-electron chi connectivity index (χ3n) is 6.86. The maximum atomic E-state index is 13.0. The maximum Gasteiger partial charge on any atom is 0.251 e. The van der Waals surface area contributed by atoms with Crippen molar-refractivity contribution in [3.8, 4) is 0 Å². The summed E-state index contributed by atoms with van der Waals surface area (Å²) >= 11 is 0. The molecule has 6 nitrogen and oxygen atoms in total. The maximum absolute atomic E-state index is 13.0. The number of aryl methyl sites for hydroxylation is 1. The zero-order valence-corrected chi connectivity index (χ0v) is 17.5. The Balaban J connectivity index is 1.51. The Kier molecular flexibility index (Phi) is 5.51. The molecule has 1 aromatic rings. The minimum atomic E-state index is -3.61. The van der Waals surface area contributed by atoms with Crippen LogP contribution in [-0.2, 0) is 14.8 Å². The number of hydrogen-bond donors (Lipinski definition) is 1. The van der Waals surface area contributed by atoms with Crippen molar-refractivity contribution in [2.75, 3.05) is 26.3 Å². The molecule has 2 aliphatic carbocycles. The fraction of sp³-hybridized carbons (Fsp3) is 0.667. The molecule has 1 saturated heterocycles. The van der Waals surface area contributed by atoms with Gasteiger partial charge in [-0.2, -0.15) is 4.31 Å². The molecular weight excluding hydrogens is 376 g/mol. The van der Waals surface area contributed by atoms with Crippen LogP contribution in [0.15, 0.2) is 23.1 Å². The second-order valence-electron chi connectivity index (χ2n) is 8.59. The number of nitrogens with one attached hydrogen (secondary N) is 1. The van der Waals surface area contributed by atoms with Crippen LogP contribution in [0.4, 0.5) is 0 Å². The lowest BCUT2D eigenvalue weighted by Gasteiger charge is -2.29. The fourth-order valence-corrected chi connectivity index (χ4v) is 6.67. The van der Waals surface area contributed by atoms with Crippen LogP contribution in [-0.4, -0.2) is 51.0 Å². The van der Waals surface area contributed by atoms with E-state index in [9.17, 15) is 13.2 Å². The van der Waals surface area contributed by atoms with Gasteiger partial charge < -0.3 is 10.1 Å². The lowest BCUT2D eigenvalue weighted by molar-refractivity contribution is 0.0730. The quantitative estimate of drug-likeness (QED) is 0.815. The minimum Gasteiger partial charge on any atom is -0.379 e. The first-order valence-electron chi connectivity index (χ1n) is 10.4. The number of fused-ring (bicyclic) bond motifs is 2. The second kappa shape index (κ2) is 7.76. The normalized spacial score (nSPS) is 29.0. The van der Waals surface area contributed by atoms with Gasteiger partial charge in [0, 0.05) is 24.7 Å². The first kappa shape index (κ1) is 19.9. The highest BCUT2D eigenvalue weighted by Crippen LogP contribution is 2.49. The van der Waals surface area contributed by atoms with Gasteiger partial charge in [0.05, 0.1) is 18.1 Å². The van der Waals surface area contributed by atoms with Crippen molar-refractivity contribution in [3.05, 3.63) is 29.3 Å². The molecule has 4 rings (SSSR count). The molecule has 1 N–H and O–H groups in total. The molecule has 1 amide bonds. The van der Waals surface area contributed by atoms with Gasteiger partial charge in [-0.3, -0.25) is 4.79 Å². The predicted octanol–water partition coefficient (Wildman–Crippen LogP) is 2.57. The summed E-state index contributed by atoms with van der Waals surface area (Å²) < 4.78 is 32.5. The van der Waals surface area contributed by atoms with Crippen molar-refractivity contribution in [2.24, 2.45) is 17.8 Å². The number of carbonyl (C=O) groups excluding carboxylic acids is 1. The van der Waals surface area contributed by atoms with Crippen LogP contribution < -0.4 is 5.32 Å². The molecule has 0 unspecified atom stereocenters. The summed E-state index contributed by atoms with van der Waals surface area (Å²) in [6.45, 7) is 5.44. The molecule has 3 fully saturated rings. The Bertz CT molecular complexity index is 848. The van der Waals surface area contributed by atoms with Gasteiger partial charge in [0.15, 0.2) is 0 Å². The van der Waals surface area contributed by atoms with Crippen molar-refractivity contribution in [2.45, 2.75) is 50.5 Å². The minimum absolute atomic E-state index is 0.113. The number of rotatable bonds is 5. The Labute approximate surface area is 167 Å². The van der Waals surface area contributed by atoms with Gasteiger partial charge >= 0.3 is 0 Å². The highest BCUT2D eigenvalue weighted by atomic mass is 32.2. The number of sulfonamides is 1. The van der Waals surface area contributed by atoms with Crippen molar-refractivity contribution in [3.63, 3.8) is 0 Å². The highest BCUT2D eigenvalue weighted by Gasteiger charge is 2.42. The van der Waals surface area contributed by atoms with Crippen LogP contribution in [0.3, 0.4) is 0 Å². The number of carbonyl (C=O) groups is 1. The second-order valence-corrected chi connectivity index (χ2v) is 10.5. The summed E-state index contributed by atoms with van der Waals surface area (Å²) in [5, 5.41) is 3.15. The largest absolute Gasteiger partial charge is 0.379 e. The predicted molar refractivity (Wildman–Crippen MR) is 107 cm³/mol. The van der Waals surface area contributed by atoms with Crippen LogP contribution in [0.5, 0.6) is 0 Å². The third kappa shape index (κ3) is 3.72. The van der Waals surface area contributed by atoms with E-state index in [-0.39, 0.29) is 16.8 Å². The summed E-state index contributed by atoms with van der Waals surface area (Å²) in [5.74, 6) is 1.93. The average molecular weight is 407 g/mol. The van der Waals surface area contributed by atoms with Crippen LogP contribution >= 0.6 is 0 Å². The molecule has 4 atom stereocenters. The van der Waals surface area contributed by atoms with E-state index in [2.05, 4.69) is 12.2 Å². The molecule has 3 aliphatic rings. The Hall–Kier alpha value is -1.44. The molecular formula is C21H30N2O4S. The van der Waals surface area contributed by atoms with E-state index in [1.54, 1.807) is 12.1 Å². The number of ether oxygens (including phenoxy) is 1. The molecule has 7 heteroatoms. The van der Waals surface area contributed by atoms with Gasteiger partial charge in [-0.15, -0.1) is 0 Å². The van der Waals surface area contributed by atoms with Crippen molar-refractivity contribution in [1.82, 2.24) is 9.62 Å². The van der Waals surface area contributed by atoms with E-state index in [0.29, 0.717) is 37.8 Å². The van der Waals surface area contributed by atoms with E-state index in [1.807, 2.05) is 6.92 Å². The van der Waals surface area contributed by atoms with Crippen LogP contribution in [0, 0.1) is 24.7 Å². The van der Waals surface area contributed by atoms with Crippen LogP contribution in [0.25, 0.3) is 0 Å². The third-order valence-corrected chi connectivity index (χ3v) is 8.75. The Morgan fingerprint density at radius 2 is 1.96 bits per heavy atom. The van der Waals surface area contributed by atoms with Crippen LogP contribution in [0.1, 0.15) is 48.5 Å². The molecule has 0 spiro atoms. The number of nitrogens with zero attached hydrogens (tertiary/aromatic N) is 1. The number of morpholine rings is 1. The first-order chi connectivity index (χ1) is 13.4. The summed E-state index contributed by atoms with van der Waals surface area (Å²) in [6, 6.07) is 4.96. The molecule has 154 valence electrons. The lowest BCUT2D eigenvalue weighted by atomic mass is 9.84. The zero-order chi connectivity index (χ0) is 19.9. The molecule has 1 heterocycles. The van der Waals surface area contributed by atoms with E-state index in [1.165, 1.54) is 36.1 Å². The SMILES string of the molecule is Cc1ccc(S(=O)(=O)N2CCOCC2)cc1C(=O)N[C@@H](C)[C@@H]1C[C@H]2CC[C@H]1C2. The smallest absolute Gasteiger partial charge is 0.251 e. The van der Waals surface area contributed by atoms with Gasteiger partial charge in [0.25, 0.3) is 5.91 Å². The summed E-state index contributed by atoms with van der Waals surface area (Å²) in [4.78, 5) is 13.1. The van der Waals surface area contributed by atoms with E-state index < -0.39 is 10.0 Å². The van der Waals surface area contributed by atoms with Gasteiger partial charge in [0.1, 0.15) is 0 Å². The summed E-state index contributed by atoms with van der Waals surface area (Å²) in [7, 11) is -3.61. The molecule has 28 heavy (non-hydrogen) atoms. The highest BCUT2D eigenvalue weighted by molar-refractivity contribution is 7.89. The van der Waals surface area contributed by atoms with Crippen LogP contribution in [0.2, 0.25) is 0 Å². The van der Waals surface area contributed by atoms with Gasteiger partial charge in [-0.05, 0) is 68.6 Å². The van der Waals surface area contributed by atoms with E-state index in [0.717, 1.165) is 17.4 Å². The molecule has 0 radical (unpaired) electrons. The van der Waals surface area contributed by atoms with E-state index in [4.69, 9.17) is 4.74 Å². The number of benzene rings is 1. The zero-order valence-electron chi connectivity index (χ0n) is 16.7. The Morgan fingerprint density at radius 1 is 1.21 bits per heavy atom. The molecule has 0 aromatic heterocycles. The van der Waals surface area contributed by atoms with Crippen molar-refractivity contribution >= 4 is 15.9 Å². The van der Waals surface area contributed by atoms with Gasteiger partial charge in [0.2, 0.25) is 10.0 Å². The molecule has 2 saturated carbocycles. The molecule has 1 aliphatic heterocycles. The monoisotopic (exact) mass is 406 g/mol. The van der Waals surface area contributed by atoms with Gasteiger partial charge in [-0.1, -0.05) is 12.5 Å². The topological polar surface area (TPSA) is 75.7 Å². The summed E-state index contributed by atoms with van der Waals surface area (Å²) in [5.41, 5.74) is 1.24. The van der Waals surface area contributed by atoms with Crippen molar-refractivity contribution in [1.29, 1.82) is 0 Å². The molecule has 1 aromatic carbocycles. The Morgan fingerprint density at radius 3 is 2.61 bits per heavy atom. The number of amides is 1. The average Bonchev–Trinajstić information content (AvgIpc) is 3.32. The van der Waals surface area contributed by atoms with Crippen molar-refractivity contribution < 1.29 is 17.9 Å². The summed E-state index contributed by atoms with van der Waals surface area (Å²) in [6.07, 6.45) is 5.12. The first-order valence-corrected chi connectivity index (χ1v) is 11.8. The standard InChI is InChI=1S/C21H30N2O4S/c1-14-3-6-18(28(25,26)23-7-9-27-10-8-23)13-19(14)21(24)22-15(2)20-12-16-4-5-17(20)11-16/h3,6,13,15-17,20H,4-5,7-12H2,1-2H3,(H,22,24)/t15-,16-,17-,20-/m0/s1. The molecule has 2 bridgehead atoms. The van der Waals surface area contributed by atoms with Gasteiger partial charge in [-0.25, -0.2) is 8.42 Å². The van der Waals surface area contributed by atoms with E-state index >= 15 is 0 Å².